The standard InChI is InChI=1S/C34H45N3O5/c1-25(38)34(23-27-14-9-6-10-15-27)18-11-19-37(24-34)31(40)29(22-26-12-7-5-8-13-26)35-30(39)28-16-20-36(21-17-28)32(41)42-33(2,3)4/h5-10,12-15,28-29H,11,16-24H2,1-4H3,(H,35,39). The summed E-state index contributed by atoms with van der Waals surface area (Å²) < 4.78 is 5.49. The number of amides is 3. The van der Waals surface area contributed by atoms with Gasteiger partial charge in [0.2, 0.25) is 11.8 Å². The van der Waals surface area contributed by atoms with Crippen molar-refractivity contribution >= 4 is 23.7 Å². The maximum absolute atomic E-state index is 14.1. The summed E-state index contributed by atoms with van der Waals surface area (Å²) in [6.07, 6.45) is 3.05. The van der Waals surface area contributed by atoms with E-state index < -0.39 is 17.1 Å². The molecule has 0 saturated carbocycles. The highest BCUT2D eigenvalue weighted by molar-refractivity contribution is 5.90. The highest BCUT2D eigenvalue weighted by atomic mass is 16.6. The number of ketones is 1. The summed E-state index contributed by atoms with van der Waals surface area (Å²) in [7, 11) is 0. The Morgan fingerprint density at radius 1 is 0.905 bits per heavy atom. The average Bonchev–Trinajstić information content (AvgIpc) is 2.96. The van der Waals surface area contributed by atoms with Crippen LogP contribution in [0.2, 0.25) is 0 Å². The molecule has 4 rings (SSSR count). The van der Waals surface area contributed by atoms with Crippen LogP contribution in [0.25, 0.3) is 0 Å². The number of carbonyl (C=O) groups excluding carboxylic acids is 4. The van der Waals surface area contributed by atoms with E-state index in [-0.39, 0.29) is 29.6 Å². The van der Waals surface area contributed by atoms with Gasteiger partial charge in [-0.05, 0) is 70.9 Å². The lowest BCUT2D eigenvalue weighted by atomic mass is 9.72. The molecule has 0 bridgehead atoms. The summed E-state index contributed by atoms with van der Waals surface area (Å²) >= 11 is 0. The van der Waals surface area contributed by atoms with Gasteiger partial charge >= 0.3 is 6.09 Å². The number of Topliss-reactive ketones (excluding diaryl/α,β-unsaturated/α-hetero) is 1. The lowest BCUT2D eigenvalue weighted by Crippen LogP contribution is -2.57. The minimum Gasteiger partial charge on any atom is -0.444 e. The van der Waals surface area contributed by atoms with Crippen LogP contribution in [0.15, 0.2) is 60.7 Å². The number of nitrogens with zero attached hydrogens (tertiary/aromatic N) is 2. The smallest absolute Gasteiger partial charge is 0.410 e. The largest absolute Gasteiger partial charge is 0.444 e. The fraction of sp³-hybridized carbons (Fsp3) is 0.529. The van der Waals surface area contributed by atoms with Crippen LogP contribution in [-0.4, -0.2) is 71.3 Å². The molecule has 0 aromatic heterocycles. The predicted octanol–water partition coefficient (Wildman–Crippen LogP) is 4.80. The van der Waals surface area contributed by atoms with Gasteiger partial charge < -0.3 is 19.9 Å². The summed E-state index contributed by atoms with van der Waals surface area (Å²) in [5.74, 6) is -0.543. The zero-order valence-electron chi connectivity index (χ0n) is 25.4. The molecule has 42 heavy (non-hydrogen) atoms. The van der Waals surface area contributed by atoms with Crippen molar-refractivity contribution in [2.75, 3.05) is 26.2 Å². The van der Waals surface area contributed by atoms with Crippen molar-refractivity contribution < 1.29 is 23.9 Å². The van der Waals surface area contributed by atoms with E-state index in [0.29, 0.717) is 51.9 Å². The van der Waals surface area contributed by atoms with Crippen molar-refractivity contribution in [3.8, 4) is 0 Å². The van der Waals surface area contributed by atoms with Crippen molar-refractivity contribution in [2.24, 2.45) is 11.3 Å². The average molecular weight is 576 g/mol. The third kappa shape index (κ3) is 8.20. The Bertz CT molecular complexity index is 1230. The Hall–Kier alpha value is -3.68. The molecule has 226 valence electrons. The van der Waals surface area contributed by atoms with Gasteiger partial charge in [0.05, 0.1) is 5.41 Å². The Kier molecular flexibility index (Phi) is 10.1. The molecule has 2 atom stereocenters. The second-order valence-corrected chi connectivity index (χ2v) is 12.9. The van der Waals surface area contributed by atoms with E-state index in [1.54, 1.807) is 16.7 Å². The highest BCUT2D eigenvalue weighted by Gasteiger charge is 2.43. The molecule has 2 aromatic carbocycles. The topological polar surface area (TPSA) is 96.0 Å². The molecule has 0 spiro atoms. The van der Waals surface area contributed by atoms with Gasteiger partial charge in [0.25, 0.3) is 0 Å². The van der Waals surface area contributed by atoms with E-state index in [1.807, 2.05) is 81.4 Å². The Labute approximate surface area is 249 Å². The maximum Gasteiger partial charge on any atom is 0.410 e. The number of hydrogen-bond acceptors (Lipinski definition) is 5. The molecule has 8 nitrogen and oxygen atoms in total. The molecule has 0 aliphatic carbocycles. The van der Waals surface area contributed by atoms with Gasteiger partial charge in [-0.25, -0.2) is 4.79 Å². The Morgan fingerprint density at radius 3 is 2.07 bits per heavy atom. The van der Waals surface area contributed by atoms with Gasteiger partial charge in [-0.15, -0.1) is 0 Å². The molecular weight excluding hydrogens is 530 g/mol. The Morgan fingerprint density at radius 2 is 1.50 bits per heavy atom. The van der Waals surface area contributed by atoms with Crippen molar-refractivity contribution in [3.63, 3.8) is 0 Å². The summed E-state index contributed by atoms with van der Waals surface area (Å²) in [5, 5.41) is 3.07. The molecule has 2 saturated heterocycles. The van der Waals surface area contributed by atoms with Gasteiger partial charge in [0.15, 0.2) is 0 Å². The van der Waals surface area contributed by atoms with Crippen LogP contribution in [0.3, 0.4) is 0 Å². The van der Waals surface area contributed by atoms with Crippen LogP contribution >= 0.6 is 0 Å². The lowest BCUT2D eigenvalue weighted by Gasteiger charge is -2.42. The molecule has 2 aliphatic heterocycles. The van der Waals surface area contributed by atoms with Crippen LogP contribution in [0, 0.1) is 11.3 Å². The van der Waals surface area contributed by atoms with Gasteiger partial charge in [0.1, 0.15) is 17.4 Å². The van der Waals surface area contributed by atoms with E-state index in [1.165, 1.54) is 0 Å². The number of nitrogens with one attached hydrogen (secondary N) is 1. The predicted molar refractivity (Wildman–Crippen MR) is 162 cm³/mol. The summed E-state index contributed by atoms with van der Waals surface area (Å²) in [4.78, 5) is 56.5. The molecule has 2 fully saturated rings. The minimum absolute atomic E-state index is 0.0873. The van der Waals surface area contributed by atoms with Gasteiger partial charge in [0, 0.05) is 38.5 Å². The van der Waals surface area contributed by atoms with Crippen molar-refractivity contribution in [1.82, 2.24) is 15.1 Å². The van der Waals surface area contributed by atoms with Gasteiger partial charge in [-0.2, -0.15) is 0 Å². The van der Waals surface area contributed by atoms with E-state index in [4.69, 9.17) is 4.74 Å². The number of piperidine rings is 2. The van der Waals surface area contributed by atoms with Crippen LogP contribution in [-0.2, 0) is 32.0 Å². The fourth-order valence-electron chi connectivity index (χ4n) is 6.07. The first-order chi connectivity index (χ1) is 20.0. The molecule has 2 aliphatic rings. The van der Waals surface area contributed by atoms with Crippen molar-refractivity contribution in [1.29, 1.82) is 0 Å². The number of rotatable bonds is 8. The second-order valence-electron chi connectivity index (χ2n) is 12.9. The molecule has 2 heterocycles. The molecule has 0 radical (unpaired) electrons. The van der Waals surface area contributed by atoms with Gasteiger partial charge in [-0.3, -0.25) is 14.4 Å². The van der Waals surface area contributed by atoms with E-state index in [0.717, 1.165) is 24.0 Å². The summed E-state index contributed by atoms with van der Waals surface area (Å²) in [6.45, 7) is 8.87. The first-order valence-corrected chi connectivity index (χ1v) is 15.1. The SMILES string of the molecule is CC(=O)C1(Cc2ccccc2)CCCN(C(=O)C(Cc2ccccc2)NC(=O)C2CCN(C(=O)OC(C)(C)C)CC2)C1. The monoisotopic (exact) mass is 575 g/mol. The fourth-order valence-corrected chi connectivity index (χ4v) is 6.07. The number of ether oxygens (including phenoxy) is 1. The maximum atomic E-state index is 14.1. The normalized spacial score (nSPS) is 20.5. The van der Waals surface area contributed by atoms with Crippen LogP contribution in [0.1, 0.15) is 64.5 Å². The first-order valence-electron chi connectivity index (χ1n) is 15.1. The molecular formula is C34H45N3O5. The first kappa shape index (κ1) is 31.3. The molecule has 3 amide bonds. The number of benzene rings is 2. The van der Waals surface area contributed by atoms with E-state index in [9.17, 15) is 19.2 Å². The number of carbonyl (C=O) groups is 4. The molecule has 2 unspecified atom stereocenters. The molecule has 2 aromatic rings. The zero-order valence-corrected chi connectivity index (χ0v) is 25.4. The Balaban J connectivity index is 1.46. The second kappa shape index (κ2) is 13.5. The third-order valence-electron chi connectivity index (χ3n) is 8.44. The minimum atomic E-state index is -0.747. The van der Waals surface area contributed by atoms with Crippen LogP contribution in [0.4, 0.5) is 4.79 Å². The third-order valence-corrected chi connectivity index (χ3v) is 8.44. The highest BCUT2D eigenvalue weighted by Crippen LogP contribution is 2.35. The van der Waals surface area contributed by atoms with Crippen LogP contribution < -0.4 is 5.32 Å². The zero-order chi connectivity index (χ0) is 30.3. The van der Waals surface area contributed by atoms with E-state index >= 15 is 0 Å². The molecule has 8 heteroatoms. The number of likely N-dealkylation sites (tertiary alicyclic amines) is 2. The van der Waals surface area contributed by atoms with Crippen molar-refractivity contribution in [2.45, 2.75) is 77.9 Å². The van der Waals surface area contributed by atoms with Crippen molar-refractivity contribution in [3.05, 3.63) is 71.8 Å². The van der Waals surface area contributed by atoms with Crippen LogP contribution in [0.5, 0.6) is 0 Å². The quantitative estimate of drug-likeness (QED) is 0.488. The molecule has 1 N–H and O–H groups in total. The van der Waals surface area contributed by atoms with E-state index in [2.05, 4.69) is 5.32 Å². The summed E-state index contributed by atoms with van der Waals surface area (Å²) in [5.41, 5.74) is 0.806. The van der Waals surface area contributed by atoms with Gasteiger partial charge in [-0.1, -0.05) is 60.7 Å². The lowest BCUT2D eigenvalue weighted by molar-refractivity contribution is -0.143. The number of hydrogen-bond donors (Lipinski definition) is 1. The summed E-state index contributed by atoms with van der Waals surface area (Å²) in [6, 6.07) is 18.9.